The minimum Gasteiger partial charge on any atom is -0.397 e. The number of nitrogens with two attached hydrogens (primary N) is 1. The van der Waals surface area contributed by atoms with Gasteiger partial charge in [0.2, 0.25) is 5.95 Å². The molecule has 0 fully saturated rings. The van der Waals surface area contributed by atoms with Crippen LogP contribution < -0.4 is 16.4 Å². The Morgan fingerprint density at radius 3 is 2.75 bits per heavy atom. The molecule has 5 N–H and O–H groups in total. The molecular formula is C19H26ClN7O. The zero-order valence-electron chi connectivity index (χ0n) is 16.3. The predicted molar refractivity (Wildman–Crippen MR) is 114 cm³/mol. The average Bonchev–Trinajstić information content (AvgIpc) is 3.05. The molecule has 0 saturated carbocycles. The first kappa shape index (κ1) is 20.2. The maximum atomic E-state index is 9.90. The molecule has 3 rings (SSSR count). The molecular weight excluding hydrogens is 378 g/mol. The summed E-state index contributed by atoms with van der Waals surface area (Å²) in [6.07, 6.45) is 2.32. The molecule has 2 aromatic heterocycles. The number of hydrogen-bond donors (Lipinski definition) is 4. The summed E-state index contributed by atoms with van der Waals surface area (Å²) in [7, 11) is 0. The van der Waals surface area contributed by atoms with Crippen molar-refractivity contribution in [3.63, 3.8) is 0 Å². The van der Waals surface area contributed by atoms with Crippen LogP contribution in [0.3, 0.4) is 0 Å². The van der Waals surface area contributed by atoms with Crippen LogP contribution in [0, 0.1) is 0 Å². The standard InChI is InChI=1S/C19H26ClN7O/c1-4-27-11-24-15-16(23-10-12-6-5-7-13(20)14(12)21)25-18(26-17(15)27)22-9-8-19(2,3)28/h5-7,11,28H,4,8-10,21H2,1-3H3,(H2,22,23,25,26). The summed E-state index contributed by atoms with van der Waals surface area (Å²) in [6, 6.07) is 5.54. The molecule has 0 saturated heterocycles. The molecule has 8 nitrogen and oxygen atoms in total. The largest absolute Gasteiger partial charge is 0.397 e. The molecule has 28 heavy (non-hydrogen) atoms. The van der Waals surface area contributed by atoms with Crippen molar-refractivity contribution < 1.29 is 5.11 Å². The van der Waals surface area contributed by atoms with Crippen LogP contribution in [0.5, 0.6) is 0 Å². The lowest BCUT2D eigenvalue weighted by Crippen LogP contribution is -2.23. The molecule has 0 bridgehead atoms. The lowest BCUT2D eigenvalue weighted by Gasteiger charge is -2.17. The van der Waals surface area contributed by atoms with Crippen LogP contribution in [0.25, 0.3) is 11.2 Å². The second-order valence-electron chi connectivity index (χ2n) is 7.25. The van der Waals surface area contributed by atoms with Crippen LogP contribution >= 0.6 is 11.6 Å². The monoisotopic (exact) mass is 403 g/mol. The fraction of sp³-hybridized carbons (Fsp3) is 0.421. The average molecular weight is 404 g/mol. The van der Waals surface area contributed by atoms with Crippen molar-refractivity contribution in [2.45, 2.75) is 45.9 Å². The molecule has 2 heterocycles. The van der Waals surface area contributed by atoms with E-state index in [0.29, 0.717) is 47.5 Å². The molecule has 0 atom stereocenters. The number of nitrogens with zero attached hydrogens (tertiary/aromatic N) is 4. The highest BCUT2D eigenvalue weighted by Crippen LogP contribution is 2.25. The van der Waals surface area contributed by atoms with E-state index in [0.717, 1.165) is 17.8 Å². The Hall–Kier alpha value is -2.58. The SMILES string of the molecule is CCn1cnc2c(NCc3cccc(Cl)c3N)nc(NCCC(C)(C)O)nc21. The van der Waals surface area contributed by atoms with Crippen LogP contribution in [-0.2, 0) is 13.1 Å². The van der Waals surface area contributed by atoms with Crippen molar-refractivity contribution in [1.82, 2.24) is 19.5 Å². The first-order valence-electron chi connectivity index (χ1n) is 9.24. The Kier molecular flexibility index (Phi) is 5.90. The molecule has 0 amide bonds. The molecule has 0 radical (unpaired) electrons. The van der Waals surface area contributed by atoms with Crippen molar-refractivity contribution in [2.24, 2.45) is 0 Å². The molecule has 0 aliphatic carbocycles. The number of halogens is 1. The highest BCUT2D eigenvalue weighted by molar-refractivity contribution is 6.33. The number of hydrogen-bond acceptors (Lipinski definition) is 7. The normalized spacial score (nSPS) is 11.8. The summed E-state index contributed by atoms with van der Waals surface area (Å²) < 4.78 is 1.96. The van der Waals surface area contributed by atoms with Gasteiger partial charge in [0.1, 0.15) is 0 Å². The van der Waals surface area contributed by atoms with E-state index < -0.39 is 5.60 Å². The molecule has 3 aromatic rings. The maximum absolute atomic E-state index is 9.90. The third kappa shape index (κ3) is 4.63. The Morgan fingerprint density at radius 1 is 1.25 bits per heavy atom. The van der Waals surface area contributed by atoms with Crippen LogP contribution in [-0.4, -0.2) is 36.8 Å². The van der Waals surface area contributed by atoms with Gasteiger partial charge in [-0.2, -0.15) is 9.97 Å². The molecule has 0 aliphatic heterocycles. The third-order valence-electron chi connectivity index (χ3n) is 4.41. The number of nitrogens with one attached hydrogen (secondary N) is 2. The van der Waals surface area contributed by atoms with E-state index in [-0.39, 0.29) is 0 Å². The molecule has 1 aromatic carbocycles. The Balaban J connectivity index is 1.87. The van der Waals surface area contributed by atoms with Crippen molar-refractivity contribution >= 4 is 40.2 Å². The molecule has 0 unspecified atom stereocenters. The quantitative estimate of drug-likeness (QED) is 0.427. The summed E-state index contributed by atoms with van der Waals surface area (Å²) in [4.78, 5) is 13.6. The lowest BCUT2D eigenvalue weighted by atomic mass is 10.1. The lowest BCUT2D eigenvalue weighted by molar-refractivity contribution is 0.0748. The van der Waals surface area contributed by atoms with Gasteiger partial charge in [0.15, 0.2) is 17.0 Å². The van der Waals surface area contributed by atoms with Gasteiger partial charge in [-0.15, -0.1) is 0 Å². The summed E-state index contributed by atoms with van der Waals surface area (Å²) in [6.45, 7) is 7.33. The van der Waals surface area contributed by atoms with Crippen molar-refractivity contribution in [1.29, 1.82) is 0 Å². The molecule has 0 aliphatic rings. The van der Waals surface area contributed by atoms with Gasteiger partial charge in [-0.05, 0) is 38.8 Å². The number of fused-ring (bicyclic) bond motifs is 1. The van der Waals surface area contributed by atoms with E-state index in [2.05, 4.69) is 25.6 Å². The Morgan fingerprint density at radius 2 is 2.04 bits per heavy atom. The van der Waals surface area contributed by atoms with Gasteiger partial charge in [0, 0.05) is 19.6 Å². The number of para-hydroxylation sites is 1. The van der Waals surface area contributed by atoms with Crippen LogP contribution in [0.15, 0.2) is 24.5 Å². The second kappa shape index (κ2) is 8.20. The van der Waals surface area contributed by atoms with Gasteiger partial charge in [-0.1, -0.05) is 23.7 Å². The van der Waals surface area contributed by atoms with E-state index in [1.807, 2.05) is 23.6 Å². The fourth-order valence-electron chi connectivity index (χ4n) is 2.77. The van der Waals surface area contributed by atoms with E-state index in [4.69, 9.17) is 17.3 Å². The van der Waals surface area contributed by atoms with Gasteiger partial charge in [0.05, 0.1) is 22.6 Å². The second-order valence-corrected chi connectivity index (χ2v) is 7.66. The highest BCUT2D eigenvalue weighted by Gasteiger charge is 2.15. The van der Waals surface area contributed by atoms with Gasteiger partial charge in [0.25, 0.3) is 0 Å². The van der Waals surface area contributed by atoms with E-state index in [9.17, 15) is 5.11 Å². The zero-order valence-corrected chi connectivity index (χ0v) is 17.1. The Labute approximate surface area is 169 Å². The summed E-state index contributed by atoms with van der Waals surface area (Å²) in [5, 5.41) is 16.9. The van der Waals surface area contributed by atoms with Crippen molar-refractivity contribution in [2.75, 3.05) is 22.9 Å². The molecule has 150 valence electrons. The van der Waals surface area contributed by atoms with Crippen molar-refractivity contribution in [3.05, 3.63) is 35.1 Å². The zero-order chi connectivity index (χ0) is 20.3. The molecule has 0 spiro atoms. The number of imidazole rings is 1. The molecule has 9 heteroatoms. The van der Waals surface area contributed by atoms with E-state index in [1.165, 1.54) is 0 Å². The maximum Gasteiger partial charge on any atom is 0.226 e. The minimum atomic E-state index is -0.756. The number of nitrogen functional groups attached to an aromatic ring is 1. The fourth-order valence-corrected chi connectivity index (χ4v) is 2.97. The van der Waals surface area contributed by atoms with E-state index >= 15 is 0 Å². The topological polar surface area (TPSA) is 114 Å². The van der Waals surface area contributed by atoms with Crippen molar-refractivity contribution in [3.8, 4) is 0 Å². The summed E-state index contributed by atoms with van der Waals surface area (Å²) in [5.74, 6) is 1.09. The number of aliphatic hydroxyl groups is 1. The first-order valence-corrected chi connectivity index (χ1v) is 9.62. The van der Waals surface area contributed by atoms with Crippen LogP contribution in [0.2, 0.25) is 5.02 Å². The Bertz CT molecular complexity index is 965. The number of anilines is 3. The number of benzene rings is 1. The number of rotatable bonds is 8. The summed E-state index contributed by atoms with van der Waals surface area (Å²) >= 11 is 6.11. The minimum absolute atomic E-state index is 0.459. The smallest absolute Gasteiger partial charge is 0.226 e. The first-order chi connectivity index (χ1) is 13.3. The summed E-state index contributed by atoms with van der Waals surface area (Å²) in [5.41, 5.74) is 8.16. The van der Waals surface area contributed by atoms with Gasteiger partial charge < -0.3 is 26.0 Å². The van der Waals surface area contributed by atoms with E-state index in [1.54, 1.807) is 26.2 Å². The third-order valence-corrected chi connectivity index (χ3v) is 4.74. The van der Waals surface area contributed by atoms with Crippen LogP contribution in [0.4, 0.5) is 17.5 Å². The number of aryl methyl sites for hydroxylation is 1. The van der Waals surface area contributed by atoms with Gasteiger partial charge >= 0.3 is 0 Å². The number of aromatic nitrogens is 4. The van der Waals surface area contributed by atoms with Gasteiger partial charge in [-0.3, -0.25) is 0 Å². The highest BCUT2D eigenvalue weighted by atomic mass is 35.5. The van der Waals surface area contributed by atoms with Gasteiger partial charge in [-0.25, -0.2) is 4.98 Å². The predicted octanol–water partition coefficient (Wildman–Crippen LogP) is 3.27. The van der Waals surface area contributed by atoms with Crippen LogP contribution in [0.1, 0.15) is 32.8 Å².